The Morgan fingerprint density at radius 3 is 3.23 bits per heavy atom. The zero-order valence-corrected chi connectivity index (χ0v) is 12.2. The van der Waals surface area contributed by atoms with Gasteiger partial charge in [-0.25, -0.2) is 9.67 Å². The number of hydrogen-bond donors (Lipinski definition) is 1. The fourth-order valence-corrected chi connectivity index (χ4v) is 2.64. The van der Waals surface area contributed by atoms with Gasteiger partial charge in [-0.15, -0.1) is 10.2 Å². The van der Waals surface area contributed by atoms with E-state index in [4.69, 9.17) is 8.83 Å². The van der Waals surface area contributed by atoms with Crippen LogP contribution in [-0.2, 0) is 19.5 Å². The van der Waals surface area contributed by atoms with E-state index >= 15 is 0 Å². The SMILES string of the molecule is Cc1ccoc1-c1nnc(CNC2CCc3ncnn3C2)o1. The van der Waals surface area contributed by atoms with Crippen LogP contribution in [-0.4, -0.2) is 31.0 Å². The van der Waals surface area contributed by atoms with Crippen molar-refractivity contribution in [3.63, 3.8) is 0 Å². The Balaban J connectivity index is 1.39. The lowest BCUT2D eigenvalue weighted by Gasteiger charge is -2.22. The molecule has 1 aliphatic rings. The van der Waals surface area contributed by atoms with Crippen molar-refractivity contribution in [3.05, 3.63) is 35.9 Å². The molecule has 0 saturated carbocycles. The van der Waals surface area contributed by atoms with Crippen LogP contribution >= 0.6 is 0 Å². The molecule has 114 valence electrons. The van der Waals surface area contributed by atoms with Crippen molar-refractivity contribution in [1.29, 1.82) is 0 Å². The summed E-state index contributed by atoms with van der Waals surface area (Å²) < 4.78 is 12.9. The van der Waals surface area contributed by atoms with Gasteiger partial charge in [-0.05, 0) is 19.4 Å². The molecule has 0 radical (unpaired) electrons. The summed E-state index contributed by atoms with van der Waals surface area (Å²) >= 11 is 0. The minimum atomic E-state index is 0.329. The second kappa shape index (κ2) is 5.38. The second-order valence-corrected chi connectivity index (χ2v) is 5.41. The number of fused-ring (bicyclic) bond motifs is 1. The van der Waals surface area contributed by atoms with Gasteiger partial charge in [0.2, 0.25) is 5.89 Å². The predicted octanol–water partition coefficient (Wildman–Crippen LogP) is 1.33. The van der Waals surface area contributed by atoms with E-state index in [1.807, 2.05) is 17.7 Å². The summed E-state index contributed by atoms with van der Waals surface area (Å²) in [6.07, 6.45) is 5.17. The zero-order chi connectivity index (χ0) is 14.9. The molecule has 0 fully saturated rings. The Kier molecular flexibility index (Phi) is 3.23. The normalized spacial score (nSPS) is 17.6. The number of aromatic nitrogens is 5. The Hall–Kier alpha value is -2.48. The highest BCUT2D eigenvalue weighted by atomic mass is 16.4. The van der Waals surface area contributed by atoms with E-state index in [1.54, 1.807) is 12.6 Å². The number of aryl methyl sites for hydroxylation is 2. The van der Waals surface area contributed by atoms with Gasteiger partial charge in [-0.2, -0.15) is 5.10 Å². The third kappa shape index (κ3) is 2.41. The summed E-state index contributed by atoms with van der Waals surface area (Å²) in [5.74, 6) is 2.65. The maximum atomic E-state index is 5.64. The smallest absolute Gasteiger partial charge is 0.283 e. The number of nitrogens with zero attached hydrogens (tertiary/aromatic N) is 5. The van der Waals surface area contributed by atoms with Crippen LogP contribution in [0.25, 0.3) is 11.7 Å². The summed E-state index contributed by atoms with van der Waals surface area (Å²) in [7, 11) is 0. The van der Waals surface area contributed by atoms with Gasteiger partial charge in [-0.3, -0.25) is 0 Å². The Labute approximate surface area is 126 Å². The summed E-state index contributed by atoms with van der Waals surface area (Å²) in [5, 5.41) is 15.7. The van der Waals surface area contributed by atoms with E-state index in [1.165, 1.54) is 0 Å². The van der Waals surface area contributed by atoms with Crippen LogP contribution in [0.4, 0.5) is 0 Å². The molecule has 22 heavy (non-hydrogen) atoms. The molecule has 4 rings (SSSR count). The molecular weight excluding hydrogens is 284 g/mol. The third-order valence-corrected chi connectivity index (χ3v) is 3.87. The standard InChI is InChI=1S/C14H16N6O2/c1-9-4-5-21-13(9)14-19-18-12(22-14)6-15-10-2-3-11-16-8-17-20(11)7-10/h4-5,8,10,15H,2-3,6-7H2,1H3. The summed E-state index contributed by atoms with van der Waals surface area (Å²) in [6, 6.07) is 2.20. The minimum Gasteiger partial charge on any atom is -0.459 e. The van der Waals surface area contributed by atoms with Crippen molar-refractivity contribution in [2.24, 2.45) is 0 Å². The van der Waals surface area contributed by atoms with Crippen molar-refractivity contribution in [2.45, 2.75) is 38.9 Å². The van der Waals surface area contributed by atoms with Gasteiger partial charge in [-0.1, -0.05) is 0 Å². The molecule has 0 aromatic carbocycles. The molecule has 3 aromatic heterocycles. The quantitative estimate of drug-likeness (QED) is 0.776. The van der Waals surface area contributed by atoms with Crippen LogP contribution in [0.15, 0.2) is 27.5 Å². The molecule has 8 nitrogen and oxygen atoms in total. The Morgan fingerprint density at radius 1 is 1.41 bits per heavy atom. The molecule has 8 heteroatoms. The van der Waals surface area contributed by atoms with Crippen molar-refractivity contribution >= 4 is 0 Å². The average Bonchev–Trinajstić information content (AvgIpc) is 3.24. The van der Waals surface area contributed by atoms with Crippen LogP contribution in [0.2, 0.25) is 0 Å². The van der Waals surface area contributed by atoms with Crippen LogP contribution in [0.3, 0.4) is 0 Å². The molecule has 1 aliphatic heterocycles. The third-order valence-electron chi connectivity index (χ3n) is 3.87. The van der Waals surface area contributed by atoms with Gasteiger partial charge in [0.05, 0.1) is 19.4 Å². The van der Waals surface area contributed by atoms with Crippen molar-refractivity contribution in [3.8, 4) is 11.7 Å². The monoisotopic (exact) mass is 300 g/mol. The van der Waals surface area contributed by atoms with E-state index < -0.39 is 0 Å². The fraction of sp³-hybridized carbons (Fsp3) is 0.429. The molecule has 1 unspecified atom stereocenters. The first-order valence-electron chi connectivity index (χ1n) is 7.26. The largest absolute Gasteiger partial charge is 0.459 e. The molecule has 1 atom stereocenters. The van der Waals surface area contributed by atoms with Crippen molar-refractivity contribution < 1.29 is 8.83 Å². The van der Waals surface area contributed by atoms with E-state index in [0.29, 0.717) is 30.1 Å². The molecule has 0 bridgehead atoms. The number of rotatable bonds is 4. The maximum Gasteiger partial charge on any atom is 0.283 e. The second-order valence-electron chi connectivity index (χ2n) is 5.41. The van der Waals surface area contributed by atoms with Gasteiger partial charge in [0.25, 0.3) is 5.89 Å². The number of nitrogens with one attached hydrogen (secondary N) is 1. The number of hydrogen-bond acceptors (Lipinski definition) is 7. The summed E-state index contributed by atoms with van der Waals surface area (Å²) in [6.45, 7) is 3.29. The van der Waals surface area contributed by atoms with Crippen LogP contribution in [0.5, 0.6) is 0 Å². The first-order chi connectivity index (χ1) is 10.8. The lowest BCUT2D eigenvalue weighted by Crippen LogP contribution is -2.37. The molecule has 0 aliphatic carbocycles. The highest BCUT2D eigenvalue weighted by Crippen LogP contribution is 2.22. The first kappa shape index (κ1) is 13.2. The minimum absolute atomic E-state index is 0.329. The topological polar surface area (TPSA) is 94.8 Å². The van der Waals surface area contributed by atoms with Gasteiger partial charge in [0.15, 0.2) is 5.76 Å². The summed E-state index contributed by atoms with van der Waals surface area (Å²) in [5.41, 5.74) is 0.981. The van der Waals surface area contributed by atoms with E-state index in [0.717, 1.165) is 30.8 Å². The van der Waals surface area contributed by atoms with Gasteiger partial charge in [0.1, 0.15) is 12.2 Å². The highest BCUT2D eigenvalue weighted by Gasteiger charge is 2.20. The molecular formula is C14H16N6O2. The Morgan fingerprint density at radius 2 is 2.36 bits per heavy atom. The first-order valence-corrected chi connectivity index (χ1v) is 7.26. The van der Waals surface area contributed by atoms with Crippen LogP contribution < -0.4 is 5.32 Å². The molecule has 0 saturated heterocycles. The fourth-order valence-electron chi connectivity index (χ4n) is 2.64. The van der Waals surface area contributed by atoms with Crippen LogP contribution in [0, 0.1) is 6.92 Å². The predicted molar refractivity (Wildman–Crippen MR) is 75.7 cm³/mol. The molecule has 0 amide bonds. The molecule has 3 aromatic rings. The zero-order valence-electron chi connectivity index (χ0n) is 12.2. The summed E-state index contributed by atoms with van der Waals surface area (Å²) in [4.78, 5) is 4.22. The van der Waals surface area contributed by atoms with E-state index in [2.05, 4.69) is 25.6 Å². The van der Waals surface area contributed by atoms with Crippen molar-refractivity contribution in [2.75, 3.05) is 0 Å². The Bertz CT molecular complexity index is 774. The van der Waals surface area contributed by atoms with Gasteiger partial charge < -0.3 is 14.2 Å². The lowest BCUT2D eigenvalue weighted by atomic mass is 10.1. The molecule has 1 N–H and O–H groups in total. The molecule has 0 spiro atoms. The van der Waals surface area contributed by atoms with Gasteiger partial charge >= 0.3 is 0 Å². The molecule has 4 heterocycles. The van der Waals surface area contributed by atoms with Crippen molar-refractivity contribution in [1.82, 2.24) is 30.3 Å². The maximum absolute atomic E-state index is 5.64. The lowest BCUT2D eigenvalue weighted by molar-refractivity contribution is 0.341. The van der Waals surface area contributed by atoms with Gasteiger partial charge in [0, 0.05) is 18.0 Å². The van der Waals surface area contributed by atoms with E-state index in [-0.39, 0.29) is 0 Å². The van der Waals surface area contributed by atoms with E-state index in [9.17, 15) is 0 Å². The average molecular weight is 300 g/mol. The highest BCUT2D eigenvalue weighted by molar-refractivity contribution is 5.49. The van der Waals surface area contributed by atoms with Crippen LogP contribution in [0.1, 0.15) is 23.7 Å². The number of furan rings is 1.